The molecule has 4 nitrogen and oxygen atoms in total. The average Bonchev–Trinajstić information content (AvgIpc) is 3.27. The van der Waals surface area contributed by atoms with Crippen molar-refractivity contribution in [1.82, 2.24) is 19.8 Å². The Hall–Kier alpha value is -2.56. The molecule has 2 N–H and O–H groups in total. The molecule has 0 aliphatic carbocycles. The second-order valence-electron chi connectivity index (χ2n) is 7.49. The van der Waals surface area contributed by atoms with Crippen molar-refractivity contribution in [2.75, 3.05) is 27.2 Å². The molecule has 2 atom stereocenters. The van der Waals surface area contributed by atoms with E-state index in [1.54, 1.807) is 0 Å². The fourth-order valence-electron chi connectivity index (χ4n) is 4.49. The van der Waals surface area contributed by atoms with Crippen molar-refractivity contribution < 1.29 is 0 Å². The van der Waals surface area contributed by atoms with Crippen molar-refractivity contribution >= 4 is 21.8 Å². The first-order chi connectivity index (χ1) is 12.7. The molecule has 0 amide bonds. The Labute approximate surface area is 153 Å². The highest BCUT2D eigenvalue weighted by Crippen LogP contribution is 2.37. The van der Waals surface area contributed by atoms with Crippen LogP contribution < -0.4 is 0 Å². The minimum atomic E-state index is 0.401. The number of nitrogens with zero attached hydrogens (tertiary/aromatic N) is 2. The van der Waals surface area contributed by atoms with E-state index in [4.69, 9.17) is 0 Å². The number of benzene rings is 2. The van der Waals surface area contributed by atoms with Crippen LogP contribution in [0, 0.1) is 0 Å². The number of fused-ring (bicyclic) bond motifs is 2. The van der Waals surface area contributed by atoms with E-state index >= 15 is 0 Å². The van der Waals surface area contributed by atoms with Gasteiger partial charge in [0.2, 0.25) is 0 Å². The Kier molecular flexibility index (Phi) is 3.62. The monoisotopic (exact) mass is 344 g/mol. The van der Waals surface area contributed by atoms with E-state index in [0.717, 1.165) is 13.1 Å². The number of para-hydroxylation sites is 2. The highest BCUT2D eigenvalue weighted by atomic mass is 15.3. The number of hydrogen-bond donors (Lipinski definition) is 2. The van der Waals surface area contributed by atoms with Gasteiger partial charge in [-0.2, -0.15) is 0 Å². The quantitative estimate of drug-likeness (QED) is 0.569. The van der Waals surface area contributed by atoms with Crippen LogP contribution in [0.4, 0.5) is 0 Å². The van der Waals surface area contributed by atoms with Gasteiger partial charge < -0.3 is 9.97 Å². The third-order valence-corrected chi connectivity index (χ3v) is 5.95. The number of aromatic amines is 2. The van der Waals surface area contributed by atoms with Gasteiger partial charge in [-0.05, 0) is 37.4 Å². The van der Waals surface area contributed by atoms with E-state index in [0.29, 0.717) is 12.1 Å². The zero-order chi connectivity index (χ0) is 17.7. The third kappa shape index (κ3) is 2.37. The number of likely N-dealkylation sites (N-methyl/N-ethyl adjacent to an activating group) is 2. The van der Waals surface area contributed by atoms with Gasteiger partial charge in [-0.3, -0.25) is 9.80 Å². The highest BCUT2D eigenvalue weighted by molar-refractivity contribution is 5.84. The normalized spacial score (nSPS) is 22.4. The Morgan fingerprint density at radius 1 is 0.692 bits per heavy atom. The Morgan fingerprint density at radius 3 is 1.58 bits per heavy atom. The van der Waals surface area contributed by atoms with E-state index in [1.807, 2.05) is 0 Å². The summed E-state index contributed by atoms with van der Waals surface area (Å²) in [5.41, 5.74) is 5.23. The van der Waals surface area contributed by atoms with E-state index in [2.05, 4.69) is 94.8 Å². The molecule has 4 aromatic rings. The van der Waals surface area contributed by atoms with Crippen LogP contribution in [0.5, 0.6) is 0 Å². The number of aromatic nitrogens is 2. The molecular formula is C22H24N4. The van der Waals surface area contributed by atoms with E-state index in [9.17, 15) is 0 Å². The lowest BCUT2D eigenvalue weighted by Gasteiger charge is -2.43. The van der Waals surface area contributed by atoms with Crippen molar-refractivity contribution in [2.24, 2.45) is 0 Å². The van der Waals surface area contributed by atoms with Gasteiger partial charge in [-0.1, -0.05) is 36.4 Å². The van der Waals surface area contributed by atoms with Gasteiger partial charge in [0.05, 0.1) is 0 Å². The van der Waals surface area contributed by atoms with Gasteiger partial charge >= 0.3 is 0 Å². The molecule has 1 aliphatic rings. The molecule has 0 bridgehead atoms. The summed E-state index contributed by atoms with van der Waals surface area (Å²) in [6, 6.07) is 18.0. The van der Waals surface area contributed by atoms with Crippen molar-refractivity contribution in [2.45, 2.75) is 12.1 Å². The summed E-state index contributed by atoms with van der Waals surface area (Å²) in [6.07, 6.45) is 4.37. The lowest BCUT2D eigenvalue weighted by molar-refractivity contribution is 0.0636. The number of rotatable bonds is 2. The first-order valence-electron chi connectivity index (χ1n) is 9.25. The van der Waals surface area contributed by atoms with Crippen LogP contribution in [0.15, 0.2) is 60.9 Å². The summed E-state index contributed by atoms with van der Waals surface area (Å²) in [5, 5.41) is 2.67. The van der Waals surface area contributed by atoms with Crippen molar-refractivity contribution in [3.05, 3.63) is 72.1 Å². The number of hydrogen-bond acceptors (Lipinski definition) is 2. The van der Waals surface area contributed by atoms with Crippen LogP contribution in [-0.2, 0) is 0 Å². The van der Waals surface area contributed by atoms with Gasteiger partial charge in [-0.25, -0.2) is 0 Å². The van der Waals surface area contributed by atoms with Crippen LogP contribution in [0.3, 0.4) is 0 Å². The number of piperazine rings is 1. The largest absolute Gasteiger partial charge is 0.361 e. The van der Waals surface area contributed by atoms with Gasteiger partial charge in [0.25, 0.3) is 0 Å². The minimum absolute atomic E-state index is 0.401. The van der Waals surface area contributed by atoms with E-state index < -0.39 is 0 Å². The van der Waals surface area contributed by atoms with Gasteiger partial charge in [0.1, 0.15) is 0 Å². The first kappa shape index (κ1) is 15.7. The predicted molar refractivity (Wildman–Crippen MR) is 107 cm³/mol. The van der Waals surface area contributed by atoms with Crippen molar-refractivity contribution in [3.63, 3.8) is 0 Å². The van der Waals surface area contributed by atoms with E-state index in [1.165, 1.54) is 32.9 Å². The van der Waals surface area contributed by atoms with Crippen molar-refractivity contribution in [3.8, 4) is 0 Å². The lowest BCUT2D eigenvalue weighted by atomic mass is 9.96. The van der Waals surface area contributed by atoms with Crippen LogP contribution in [0.1, 0.15) is 23.2 Å². The summed E-state index contributed by atoms with van der Waals surface area (Å²) < 4.78 is 0. The van der Waals surface area contributed by atoms with Gasteiger partial charge in [0.15, 0.2) is 0 Å². The molecule has 3 heterocycles. The molecule has 1 fully saturated rings. The van der Waals surface area contributed by atoms with Gasteiger partial charge in [-0.15, -0.1) is 0 Å². The molecule has 1 aliphatic heterocycles. The molecule has 4 heteroatoms. The van der Waals surface area contributed by atoms with E-state index in [-0.39, 0.29) is 0 Å². The second kappa shape index (κ2) is 6.01. The first-order valence-corrected chi connectivity index (χ1v) is 9.25. The zero-order valence-corrected chi connectivity index (χ0v) is 15.2. The van der Waals surface area contributed by atoms with Crippen LogP contribution in [0.25, 0.3) is 21.8 Å². The fourth-order valence-corrected chi connectivity index (χ4v) is 4.49. The SMILES string of the molecule is CN1C[C@@H](c2c[nH]c3ccccc23)N(C)C[C@@H]1c1c[nH]c2ccccc12. The van der Waals surface area contributed by atoms with Crippen molar-refractivity contribution in [1.29, 1.82) is 0 Å². The molecule has 2 aromatic carbocycles. The summed E-state index contributed by atoms with van der Waals surface area (Å²) in [5.74, 6) is 0. The average molecular weight is 344 g/mol. The minimum Gasteiger partial charge on any atom is -0.361 e. The summed E-state index contributed by atoms with van der Waals surface area (Å²) in [4.78, 5) is 11.9. The molecule has 132 valence electrons. The predicted octanol–water partition coefficient (Wildman–Crippen LogP) is 4.31. The fraction of sp³-hybridized carbons (Fsp3) is 0.273. The maximum Gasteiger partial charge on any atom is 0.0494 e. The Bertz CT molecular complexity index is 974. The summed E-state index contributed by atoms with van der Waals surface area (Å²) in [7, 11) is 4.50. The third-order valence-electron chi connectivity index (χ3n) is 5.95. The zero-order valence-electron chi connectivity index (χ0n) is 15.2. The lowest BCUT2D eigenvalue weighted by Crippen LogP contribution is -2.46. The Balaban J connectivity index is 1.48. The maximum atomic E-state index is 3.43. The number of H-pyrrole nitrogens is 2. The second-order valence-corrected chi connectivity index (χ2v) is 7.49. The molecular weight excluding hydrogens is 320 g/mol. The van der Waals surface area contributed by atoms with Crippen LogP contribution >= 0.6 is 0 Å². The molecule has 0 unspecified atom stereocenters. The van der Waals surface area contributed by atoms with Gasteiger partial charge in [0, 0.05) is 59.4 Å². The highest BCUT2D eigenvalue weighted by Gasteiger charge is 2.33. The molecule has 2 aromatic heterocycles. The standard InChI is InChI=1S/C22H24N4/c1-25-13-22(18-12-24-20-10-6-4-8-16(18)20)26(2)14-21(25)17-11-23-19-9-5-3-7-15(17)19/h3-12,21-24H,13-14H2,1-2H3/t21-,22+. The van der Waals surface area contributed by atoms with Crippen LogP contribution in [-0.4, -0.2) is 47.0 Å². The Morgan fingerprint density at radius 2 is 1.12 bits per heavy atom. The molecule has 0 saturated carbocycles. The summed E-state index contributed by atoms with van der Waals surface area (Å²) >= 11 is 0. The molecule has 5 rings (SSSR count). The molecule has 1 saturated heterocycles. The topological polar surface area (TPSA) is 38.1 Å². The molecule has 26 heavy (non-hydrogen) atoms. The molecule has 0 spiro atoms. The number of nitrogens with one attached hydrogen (secondary N) is 2. The summed E-state index contributed by atoms with van der Waals surface area (Å²) in [6.45, 7) is 2.03. The smallest absolute Gasteiger partial charge is 0.0494 e. The van der Waals surface area contributed by atoms with Crippen LogP contribution in [0.2, 0.25) is 0 Å². The maximum absolute atomic E-state index is 3.43. The molecule has 0 radical (unpaired) electrons.